The molecule has 0 radical (unpaired) electrons. The molecule has 0 fully saturated rings. The van der Waals surface area contributed by atoms with Gasteiger partial charge in [0.1, 0.15) is 0 Å². The topological polar surface area (TPSA) is 41.3 Å². The molecule has 1 unspecified atom stereocenters. The fourth-order valence-electron chi connectivity index (χ4n) is 2.18. The molecule has 0 spiro atoms. The first kappa shape index (κ1) is 14.9. The van der Waals surface area contributed by atoms with Gasteiger partial charge in [-0.1, -0.05) is 35.9 Å². The number of hydrogen-bond donors (Lipinski definition) is 2. The Bertz CT molecular complexity index is 552. The molecule has 0 aliphatic heterocycles. The summed E-state index contributed by atoms with van der Waals surface area (Å²) in [4.78, 5) is 2.08. The van der Waals surface area contributed by atoms with Crippen LogP contribution in [0.3, 0.4) is 0 Å². The second-order valence-corrected chi connectivity index (χ2v) is 5.48. The van der Waals surface area contributed by atoms with Crippen molar-refractivity contribution < 1.29 is 0 Å². The predicted octanol–water partition coefficient (Wildman–Crippen LogP) is 3.15. The van der Waals surface area contributed by atoms with Gasteiger partial charge in [-0.05, 0) is 41.8 Å². The number of anilines is 1. The first-order valence-corrected chi connectivity index (χ1v) is 6.96. The van der Waals surface area contributed by atoms with E-state index < -0.39 is 0 Å². The van der Waals surface area contributed by atoms with Gasteiger partial charge < -0.3 is 4.90 Å². The van der Waals surface area contributed by atoms with Crippen LogP contribution in [0.25, 0.3) is 0 Å². The summed E-state index contributed by atoms with van der Waals surface area (Å²) in [5, 5.41) is 0.751. The van der Waals surface area contributed by atoms with Gasteiger partial charge in [0.05, 0.1) is 0 Å². The van der Waals surface area contributed by atoms with Gasteiger partial charge in [0.15, 0.2) is 0 Å². The van der Waals surface area contributed by atoms with Crippen molar-refractivity contribution >= 4 is 17.3 Å². The number of halogens is 1. The standard InChI is InChI=1S/C16H20ClN3/c1-20(2)15-8-6-13(7-9-15)16(19-18)11-12-4-3-5-14(17)10-12/h3-10,16,19H,11,18H2,1-2H3. The molecular weight excluding hydrogens is 270 g/mol. The van der Waals surface area contributed by atoms with E-state index in [-0.39, 0.29) is 6.04 Å². The first-order chi connectivity index (χ1) is 9.60. The van der Waals surface area contributed by atoms with Crippen LogP contribution in [0.4, 0.5) is 5.69 Å². The zero-order valence-corrected chi connectivity index (χ0v) is 12.6. The molecule has 0 saturated heterocycles. The maximum atomic E-state index is 6.02. The number of nitrogens with one attached hydrogen (secondary N) is 1. The maximum Gasteiger partial charge on any atom is 0.0500 e. The van der Waals surface area contributed by atoms with E-state index in [1.54, 1.807) is 0 Å². The quantitative estimate of drug-likeness (QED) is 0.656. The predicted molar refractivity (Wildman–Crippen MR) is 86.0 cm³/mol. The zero-order chi connectivity index (χ0) is 14.5. The normalized spacial score (nSPS) is 12.2. The van der Waals surface area contributed by atoms with Crippen molar-refractivity contribution in [1.29, 1.82) is 0 Å². The number of benzene rings is 2. The molecule has 0 bridgehead atoms. The zero-order valence-electron chi connectivity index (χ0n) is 11.8. The van der Waals surface area contributed by atoms with Crippen LogP contribution in [0.2, 0.25) is 5.02 Å². The third-order valence-electron chi connectivity index (χ3n) is 3.34. The highest BCUT2D eigenvalue weighted by atomic mass is 35.5. The van der Waals surface area contributed by atoms with Gasteiger partial charge in [0, 0.05) is 30.8 Å². The van der Waals surface area contributed by atoms with Gasteiger partial charge in [0.25, 0.3) is 0 Å². The number of rotatable bonds is 5. The summed E-state index contributed by atoms with van der Waals surface area (Å²) in [6.07, 6.45) is 0.804. The summed E-state index contributed by atoms with van der Waals surface area (Å²) in [6.45, 7) is 0. The van der Waals surface area contributed by atoms with Crippen molar-refractivity contribution in [3.8, 4) is 0 Å². The Balaban J connectivity index is 2.15. The Morgan fingerprint density at radius 3 is 2.40 bits per heavy atom. The lowest BCUT2D eigenvalue weighted by molar-refractivity contribution is 0.552. The van der Waals surface area contributed by atoms with Crippen LogP contribution in [-0.2, 0) is 6.42 Å². The van der Waals surface area contributed by atoms with Crippen LogP contribution in [-0.4, -0.2) is 14.1 Å². The number of nitrogens with zero attached hydrogens (tertiary/aromatic N) is 1. The lowest BCUT2D eigenvalue weighted by atomic mass is 9.99. The van der Waals surface area contributed by atoms with E-state index in [4.69, 9.17) is 17.4 Å². The molecule has 0 aliphatic carbocycles. The van der Waals surface area contributed by atoms with E-state index in [0.717, 1.165) is 22.6 Å². The van der Waals surface area contributed by atoms with E-state index in [9.17, 15) is 0 Å². The lowest BCUT2D eigenvalue weighted by Gasteiger charge is -2.18. The highest BCUT2D eigenvalue weighted by Crippen LogP contribution is 2.22. The molecule has 0 aromatic heterocycles. The van der Waals surface area contributed by atoms with E-state index in [0.29, 0.717) is 0 Å². The minimum atomic E-state index is 0.0738. The number of hydrogen-bond acceptors (Lipinski definition) is 3. The van der Waals surface area contributed by atoms with Crippen LogP contribution in [0, 0.1) is 0 Å². The molecule has 0 heterocycles. The van der Waals surface area contributed by atoms with E-state index in [1.807, 2.05) is 32.3 Å². The summed E-state index contributed by atoms with van der Waals surface area (Å²) >= 11 is 6.02. The molecule has 3 N–H and O–H groups in total. The molecule has 0 aliphatic rings. The number of hydrazine groups is 1. The van der Waals surface area contributed by atoms with Crippen LogP contribution < -0.4 is 16.2 Å². The van der Waals surface area contributed by atoms with Gasteiger partial charge in [0.2, 0.25) is 0 Å². The van der Waals surface area contributed by atoms with E-state index in [1.165, 1.54) is 5.69 Å². The molecule has 106 valence electrons. The Morgan fingerprint density at radius 2 is 1.85 bits per heavy atom. The van der Waals surface area contributed by atoms with Crippen molar-refractivity contribution in [3.05, 3.63) is 64.7 Å². The van der Waals surface area contributed by atoms with Gasteiger partial charge in [-0.15, -0.1) is 0 Å². The summed E-state index contributed by atoms with van der Waals surface area (Å²) in [5.74, 6) is 5.70. The summed E-state index contributed by atoms with van der Waals surface area (Å²) < 4.78 is 0. The highest BCUT2D eigenvalue weighted by Gasteiger charge is 2.11. The van der Waals surface area contributed by atoms with Gasteiger partial charge in [-0.3, -0.25) is 11.3 Å². The fourth-order valence-corrected chi connectivity index (χ4v) is 2.39. The van der Waals surface area contributed by atoms with Gasteiger partial charge in [-0.2, -0.15) is 0 Å². The Kier molecular flexibility index (Phi) is 5.01. The van der Waals surface area contributed by atoms with E-state index >= 15 is 0 Å². The van der Waals surface area contributed by atoms with Gasteiger partial charge in [-0.25, -0.2) is 0 Å². The number of nitrogens with two attached hydrogens (primary N) is 1. The van der Waals surface area contributed by atoms with E-state index in [2.05, 4.69) is 40.7 Å². The molecule has 2 aromatic carbocycles. The fraction of sp³-hybridized carbons (Fsp3) is 0.250. The molecule has 2 aromatic rings. The minimum absolute atomic E-state index is 0.0738. The second-order valence-electron chi connectivity index (χ2n) is 5.04. The summed E-state index contributed by atoms with van der Waals surface area (Å²) in [5.41, 5.74) is 6.38. The van der Waals surface area contributed by atoms with Crippen molar-refractivity contribution in [3.63, 3.8) is 0 Å². The van der Waals surface area contributed by atoms with Crippen LogP contribution in [0.1, 0.15) is 17.2 Å². The molecule has 1 atom stereocenters. The largest absolute Gasteiger partial charge is 0.378 e. The molecule has 3 nitrogen and oxygen atoms in total. The molecule has 0 saturated carbocycles. The van der Waals surface area contributed by atoms with Crippen molar-refractivity contribution in [1.82, 2.24) is 5.43 Å². The summed E-state index contributed by atoms with van der Waals surface area (Å²) in [6, 6.07) is 16.3. The van der Waals surface area contributed by atoms with Crippen molar-refractivity contribution in [2.75, 3.05) is 19.0 Å². The Hall–Kier alpha value is -1.55. The second kappa shape index (κ2) is 6.75. The third-order valence-corrected chi connectivity index (χ3v) is 3.58. The van der Waals surface area contributed by atoms with Crippen LogP contribution >= 0.6 is 11.6 Å². The summed E-state index contributed by atoms with van der Waals surface area (Å²) in [7, 11) is 4.05. The van der Waals surface area contributed by atoms with Crippen molar-refractivity contribution in [2.45, 2.75) is 12.5 Å². The molecule has 0 amide bonds. The third kappa shape index (κ3) is 3.73. The Morgan fingerprint density at radius 1 is 1.15 bits per heavy atom. The maximum absolute atomic E-state index is 6.02. The molecular formula is C16H20ClN3. The molecule has 20 heavy (non-hydrogen) atoms. The monoisotopic (exact) mass is 289 g/mol. The minimum Gasteiger partial charge on any atom is -0.378 e. The molecule has 2 rings (SSSR count). The van der Waals surface area contributed by atoms with Crippen LogP contribution in [0.5, 0.6) is 0 Å². The first-order valence-electron chi connectivity index (χ1n) is 6.58. The average Bonchev–Trinajstić information content (AvgIpc) is 2.45. The van der Waals surface area contributed by atoms with Crippen molar-refractivity contribution in [2.24, 2.45) is 5.84 Å². The average molecular weight is 290 g/mol. The lowest BCUT2D eigenvalue weighted by Crippen LogP contribution is -2.29. The Labute approximate surface area is 125 Å². The molecule has 4 heteroatoms. The van der Waals surface area contributed by atoms with Gasteiger partial charge >= 0.3 is 0 Å². The smallest absolute Gasteiger partial charge is 0.0500 e. The highest BCUT2D eigenvalue weighted by molar-refractivity contribution is 6.30. The van der Waals surface area contributed by atoms with Crippen LogP contribution in [0.15, 0.2) is 48.5 Å². The SMILES string of the molecule is CN(C)c1ccc(C(Cc2cccc(Cl)c2)NN)cc1.